The van der Waals surface area contributed by atoms with Crippen LogP contribution >= 0.6 is 12.4 Å². The molecule has 0 saturated carbocycles. The molecule has 0 saturated heterocycles. The molecular formula is C27H27ClN2O5. The van der Waals surface area contributed by atoms with Gasteiger partial charge in [-0.05, 0) is 54.0 Å². The number of nitrogens with one attached hydrogen (secondary N) is 1. The minimum absolute atomic E-state index is 0. The van der Waals surface area contributed by atoms with Gasteiger partial charge in [0.05, 0.1) is 44.4 Å². The molecule has 0 bridgehead atoms. The number of ether oxygens (including phenoxy) is 3. The van der Waals surface area contributed by atoms with Crippen LogP contribution in [0.15, 0.2) is 84.2 Å². The molecule has 3 rings (SSSR count). The fourth-order valence-corrected chi connectivity index (χ4v) is 3.34. The van der Waals surface area contributed by atoms with Crippen molar-refractivity contribution in [1.29, 1.82) is 0 Å². The summed E-state index contributed by atoms with van der Waals surface area (Å²) in [5.74, 6) is -0.0353. The number of carbonyl (C=O) groups is 2. The summed E-state index contributed by atoms with van der Waals surface area (Å²) in [5.41, 5.74) is 2.66. The predicted molar refractivity (Wildman–Crippen MR) is 139 cm³/mol. The molecular weight excluding hydrogens is 468 g/mol. The van der Waals surface area contributed by atoms with Gasteiger partial charge in [-0.3, -0.25) is 9.78 Å². The Morgan fingerprint density at radius 1 is 0.914 bits per heavy atom. The van der Waals surface area contributed by atoms with Gasteiger partial charge in [0, 0.05) is 12.3 Å². The molecule has 182 valence electrons. The van der Waals surface area contributed by atoms with Crippen molar-refractivity contribution in [3.8, 4) is 11.5 Å². The van der Waals surface area contributed by atoms with E-state index in [9.17, 15) is 9.59 Å². The first-order valence-electron chi connectivity index (χ1n) is 10.5. The number of aromatic nitrogens is 1. The van der Waals surface area contributed by atoms with E-state index in [1.807, 2.05) is 30.3 Å². The molecule has 35 heavy (non-hydrogen) atoms. The van der Waals surface area contributed by atoms with Crippen LogP contribution in [-0.2, 0) is 14.3 Å². The Balaban J connectivity index is 0.00000432. The quantitative estimate of drug-likeness (QED) is 0.263. The lowest BCUT2D eigenvalue weighted by Crippen LogP contribution is -2.21. The molecule has 0 aliphatic carbocycles. The largest absolute Gasteiger partial charge is 0.497 e. The molecule has 1 aromatic heterocycles. The standard InChI is InChI=1S/C27H26N2O5.ClH/c1-18(20-14-22(32-2)16-23(15-20)33-3)25(27(31)34-4)24(13-19-9-6-5-7-10-19)26(30)29-21-11-8-12-28-17-21;/h5-17H,1-4H3,(H,29,30);1H/b24-13+,25-18-;. The molecule has 8 heteroatoms. The van der Waals surface area contributed by atoms with E-state index >= 15 is 0 Å². The first-order chi connectivity index (χ1) is 16.5. The Hall–Kier alpha value is -4.10. The molecule has 0 fully saturated rings. The molecule has 1 heterocycles. The number of allylic oxidation sites excluding steroid dienone is 1. The van der Waals surface area contributed by atoms with Gasteiger partial charge in [-0.2, -0.15) is 0 Å². The summed E-state index contributed by atoms with van der Waals surface area (Å²) in [6.07, 6.45) is 4.79. The van der Waals surface area contributed by atoms with Crippen LogP contribution in [0.2, 0.25) is 0 Å². The number of hydrogen-bond acceptors (Lipinski definition) is 6. The van der Waals surface area contributed by atoms with E-state index in [1.54, 1.807) is 63.7 Å². The van der Waals surface area contributed by atoms with E-state index in [2.05, 4.69) is 10.3 Å². The van der Waals surface area contributed by atoms with Crippen LogP contribution in [0.4, 0.5) is 5.69 Å². The van der Waals surface area contributed by atoms with E-state index < -0.39 is 11.9 Å². The van der Waals surface area contributed by atoms with Gasteiger partial charge in [0.25, 0.3) is 5.91 Å². The minimum Gasteiger partial charge on any atom is -0.497 e. The molecule has 7 nitrogen and oxygen atoms in total. The summed E-state index contributed by atoms with van der Waals surface area (Å²) < 4.78 is 15.8. The van der Waals surface area contributed by atoms with Crippen LogP contribution in [-0.4, -0.2) is 38.2 Å². The third kappa shape index (κ3) is 6.94. The van der Waals surface area contributed by atoms with Crippen molar-refractivity contribution < 1.29 is 23.8 Å². The lowest BCUT2D eigenvalue weighted by Gasteiger charge is -2.16. The number of halogens is 1. The average molecular weight is 495 g/mol. The molecule has 1 amide bonds. The normalized spacial score (nSPS) is 11.5. The highest BCUT2D eigenvalue weighted by molar-refractivity contribution is 6.19. The molecule has 0 spiro atoms. The van der Waals surface area contributed by atoms with Crippen LogP contribution < -0.4 is 14.8 Å². The van der Waals surface area contributed by atoms with Gasteiger partial charge in [0.2, 0.25) is 0 Å². The maximum atomic E-state index is 13.5. The Morgan fingerprint density at radius 3 is 2.11 bits per heavy atom. The number of benzene rings is 2. The SMILES string of the molecule is COC(=O)C(=C(/C)c1cc(OC)cc(OC)c1)/C(=C\c1ccccc1)C(=O)Nc1cccnc1.Cl. The lowest BCUT2D eigenvalue weighted by atomic mass is 9.93. The first kappa shape index (κ1) is 27.1. The zero-order chi connectivity index (χ0) is 24.5. The van der Waals surface area contributed by atoms with Crippen molar-refractivity contribution in [2.75, 3.05) is 26.6 Å². The Morgan fingerprint density at radius 2 is 1.57 bits per heavy atom. The fraction of sp³-hybridized carbons (Fsp3) is 0.148. The van der Waals surface area contributed by atoms with Crippen molar-refractivity contribution in [2.45, 2.75) is 6.92 Å². The number of methoxy groups -OCH3 is 3. The third-order valence-corrected chi connectivity index (χ3v) is 5.09. The van der Waals surface area contributed by atoms with Crippen LogP contribution in [0.5, 0.6) is 11.5 Å². The summed E-state index contributed by atoms with van der Waals surface area (Å²) in [6, 6.07) is 17.9. The molecule has 3 aromatic rings. The van der Waals surface area contributed by atoms with Gasteiger partial charge >= 0.3 is 5.97 Å². The molecule has 1 N–H and O–H groups in total. The fourth-order valence-electron chi connectivity index (χ4n) is 3.34. The zero-order valence-corrected chi connectivity index (χ0v) is 20.7. The Labute approximate surface area is 210 Å². The summed E-state index contributed by atoms with van der Waals surface area (Å²) >= 11 is 0. The van der Waals surface area contributed by atoms with E-state index in [0.717, 1.165) is 5.56 Å². The Kier molecular flexibility index (Phi) is 10.1. The first-order valence-corrected chi connectivity index (χ1v) is 10.5. The number of amides is 1. The van der Waals surface area contributed by atoms with E-state index in [1.165, 1.54) is 13.3 Å². The van der Waals surface area contributed by atoms with Crippen molar-refractivity contribution in [3.05, 3.63) is 95.3 Å². The maximum Gasteiger partial charge on any atom is 0.338 e. The van der Waals surface area contributed by atoms with Gasteiger partial charge in [-0.1, -0.05) is 30.3 Å². The summed E-state index contributed by atoms with van der Waals surface area (Å²) in [5, 5.41) is 2.81. The highest BCUT2D eigenvalue weighted by atomic mass is 35.5. The van der Waals surface area contributed by atoms with E-state index in [-0.39, 0.29) is 23.6 Å². The van der Waals surface area contributed by atoms with Crippen LogP contribution in [0, 0.1) is 0 Å². The van der Waals surface area contributed by atoms with Crippen LogP contribution in [0.3, 0.4) is 0 Å². The van der Waals surface area contributed by atoms with Gasteiger partial charge in [-0.15, -0.1) is 12.4 Å². The lowest BCUT2D eigenvalue weighted by molar-refractivity contribution is -0.136. The number of esters is 1. The molecule has 2 aromatic carbocycles. The van der Waals surface area contributed by atoms with Gasteiger partial charge in [0.1, 0.15) is 11.5 Å². The second kappa shape index (κ2) is 13.0. The maximum absolute atomic E-state index is 13.5. The van der Waals surface area contributed by atoms with Crippen LogP contribution in [0.25, 0.3) is 11.6 Å². The third-order valence-electron chi connectivity index (χ3n) is 5.09. The number of rotatable bonds is 8. The number of anilines is 1. The minimum atomic E-state index is -0.650. The summed E-state index contributed by atoms with van der Waals surface area (Å²) in [7, 11) is 4.36. The van der Waals surface area contributed by atoms with Crippen LogP contribution in [0.1, 0.15) is 18.1 Å². The Bertz CT molecular complexity index is 1200. The highest BCUT2D eigenvalue weighted by Crippen LogP contribution is 2.32. The van der Waals surface area contributed by atoms with Gasteiger partial charge in [-0.25, -0.2) is 4.79 Å². The second-order valence-electron chi connectivity index (χ2n) is 7.26. The summed E-state index contributed by atoms with van der Waals surface area (Å²) in [4.78, 5) is 30.5. The topological polar surface area (TPSA) is 86.8 Å². The van der Waals surface area contributed by atoms with E-state index in [0.29, 0.717) is 28.3 Å². The molecule has 0 aliphatic rings. The molecule has 0 radical (unpaired) electrons. The smallest absolute Gasteiger partial charge is 0.338 e. The predicted octanol–water partition coefficient (Wildman–Crippen LogP) is 5.19. The molecule has 0 unspecified atom stereocenters. The molecule has 0 atom stereocenters. The zero-order valence-electron chi connectivity index (χ0n) is 19.9. The number of hydrogen-bond donors (Lipinski definition) is 1. The summed E-state index contributed by atoms with van der Waals surface area (Å²) in [6.45, 7) is 1.75. The number of nitrogens with zero attached hydrogens (tertiary/aromatic N) is 1. The average Bonchev–Trinajstić information content (AvgIpc) is 2.88. The second-order valence-corrected chi connectivity index (χ2v) is 7.26. The van der Waals surface area contributed by atoms with Gasteiger partial charge < -0.3 is 19.5 Å². The van der Waals surface area contributed by atoms with Crippen molar-refractivity contribution >= 4 is 41.6 Å². The van der Waals surface area contributed by atoms with Gasteiger partial charge in [0.15, 0.2) is 0 Å². The van der Waals surface area contributed by atoms with Crippen molar-refractivity contribution in [2.24, 2.45) is 0 Å². The molecule has 0 aliphatic heterocycles. The monoisotopic (exact) mass is 494 g/mol. The van der Waals surface area contributed by atoms with E-state index in [4.69, 9.17) is 14.2 Å². The highest BCUT2D eigenvalue weighted by Gasteiger charge is 2.25. The van der Waals surface area contributed by atoms with Crippen molar-refractivity contribution in [3.63, 3.8) is 0 Å². The number of pyridine rings is 1. The van der Waals surface area contributed by atoms with Crippen molar-refractivity contribution in [1.82, 2.24) is 4.98 Å². The number of carbonyl (C=O) groups excluding carboxylic acids is 2.